The van der Waals surface area contributed by atoms with Crippen LogP contribution in [-0.2, 0) is 19.1 Å². The molecule has 1 unspecified atom stereocenters. The van der Waals surface area contributed by atoms with E-state index in [-0.39, 0.29) is 42.4 Å². The number of carboxylic acid groups (broad SMARTS) is 1. The minimum Gasteiger partial charge on any atom is -0.481 e. The van der Waals surface area contributed by atoms with Crippen molar-refractivity contribution >= 4 is 17.9 Å². The fourth-order valence-electron chi connectivity index (χ4n) is 2.46. The van der Waals surface area contributed by atoms with Crippen LogP contribution < -0.4 is 0 Å². The number of hydrogen-bond acceptors (Lipinski definition) is 5. The molecular weight excluding hydrogens is 372 g/mol. The van der Waals surface area contributed by atoms with Crippen LogP contribution in [0, 0.1) is 23.2 Å². The fraction of sp³-hybridized carbons (Fsp3) is 0.609. The fourth-order valence-corrected chi connectivity index (χ4v) is 2.46. The van der Waals surface area contributed by atoms with Gasteiger partial charge in [-0.05, 0) is 18.1 Å². The Hall–Kier alpha value is -2.37. The molecule has 6 nitrogen and oxygen atoms in total. The molecule has 0 heterocycles. The van der Waals surface area contributed by atoms with Crippen molar-refractivity contribution in [3.05, 3.63) is 35.9 Å². The van der Waals surface area contributed by atoms with E-state index in [0.29, 0.717) is 5.56 Å². The zero-order valence-electron chi connectivity index (χ0n) is 18.9. The summed E-state index contributed by atoms with van der Waals surface area (Å²) in [6.45, 7) is 15.0. The van der Waals surface area contributed by atoms with Gasteiger partial charge in [-0.25, -0.2) is 4.79 Å². The Morgan fingerprint density at radius 1 is 0.931 bits per heavy atom. The molecule has 1 aromatic rings. The average molecular weight is 409 g/mol. The van der Waals surface area contributed by atoms with Gasteiger partial charge in [0.1, 0.15) is 6.10 Å². The highest BCUT2D eigenvalue weighted by Crippen LogP contribution is 2.30. The van der Waals surface area contributed by atoms with Crippen molar-refractivity contribution in [2.45, 2.75) is 61.5 Å². The van der Waals surface area contributed by atoms with Gasteiger partial charge in [-0.2, -0.15) is 0 Å². The standard InChI is InChI=1S/C19H28O4.C4H8O2/c1-13(2)16(19(5,6)12-22-17(20)14(3)4)23-18(21)15-10-8-7-9-11-15;1-3(2)4(5)6/h7-11,13-14,16H,12H2,1-6H3;3H,1-2H3,(H,5,6). The molecule has 6 heteroatoms. The summed E-state index contributed by atoms with van der Waals surface area (Å²) in [7, 11) is 0. The van der Waals surface area contributed by atoms with Gasteiger partial charge in [-0.15, -0.1) is 0 Å². The topological polar surface area (TPSA) is 89.9 Å². The number of ether oxygens (including phenoxy) is 2. The first-order valence-corrected chi connectivity index (χ1v) is 9.95. The van der Waals surface area contributed by atoms with Gasteiger partial charge in [-0.3, -0.25) is 9.59 Å². The van der Waals surface area contributed by atoms with Crippen molar-refractivity contribution in [1.82, 2.24) is 0 Å². The number of aliphatic carboxylic acids is 1. The summed E-state index contributed by atoms with van der Waals surface area (Å²) in [6, 6.07) is 8.91. The van der Waals surface area contributed by atoms with Crippen molar-refractivity contribution in [3.8, 4) is 0 Å². The number of carboxylic acids is 1. The third kappa shape index (κ3) is 10.1. The van der Waals surface area contributed by atoms with Crippen LogP contribution >= 0.6 is 0 Å². The first kappa shape index (κ1) is 26.6. The zero-order valence-corrected chi connectivity index (χ0v) is 18.9. The molecule has 0 aliphatic carbocycles. The molecule has 0 amide bonds. The van der Waals surface area contributed by atoms with E-state index in [1.54, 1.807) is 52.0 Å². The quantitative estimate of drug-likeness (QED) is 0.620. The molecule has 1 atom stereocenters. The number of benzene rings is 1. The van der Waals surface area contributed by atoms with Crippen LogP contribution in [0.15, 0.2) is 30.3 Å². The second-order valence-corrected chi connectivity index (χ2v) is 8.68. The predicted octanol–water partition coefficient (Wildman–Crippen LogP) is 4.82. The molecule has 0 aliphatic heterocycles. The molecule has 0 radical (unpaired) electrons. The van der Waals surface area contributed by atoms with Crippen molar-refractivity contribution in [1.29, 1.82) is 0 Å². The maximum absolute atomic E-state index is 12.3. The summed E-state index contributed by atoms with van der Waals surface area (Å²) in [5, 5.41) is 7.99. The second kappa shape index (κ2) is 12.2. The number of esters is 2. The van der Waals surface area contributed by atoms with Crippen LogP contribution in [-0.4, -0.2) is 35.7 Å². The summed E-state index contributed by atoms with van der Waals surface area (Å²) >= 11 is 0. The maximum Gasteiger partial charge on any atom is 0.338 e. The van der Waals surface area contributed by atoms with Crippen LogP contribution in [0.1, 0.15) is 65.7 Å². The van der Waals surface area contributed by atoms with Gasteiger partial charge in [0, 0.05) is 5.41 Å². The zero-order chi connectivity index (χ0) is 22.8. The maximum atomic E-state index is 12.3. The summed E-state index contributed by atoms with van der Waals surface area (Å²) < 4.78 is 11.1. The van der Waals surface area contributed by atoms with Gasteiger partial charge in [-0.1, -0.05) is 73.6 Å². The molecule has 1 rings (SSSR count). The highest BCUT2D eigenvalue weighted by atomic mass is 16.6. The summed E-state index contributed by atoms with van der Waals surface area (Å²) in [5.74, 6) is -1.63. The Balaban J connectivity index is 0.00000113. The van der Waals surface area contributed by atoms with E-state index in [0.717, 1.165) is 0 Å². The Labute approximate surface area is 174 Å². The number of rotatable bonds is 8. The van der Waals surface area contributed by atoms with E-state index < -0.39 is 11.4 Å². The largest absolute Gasteiger partial charge is 0.481 e. The first-order chi connectivity index (χ1) is 13.3. The summed E-state index contributed by atoms with van der Waals surface area (Å²) in [6.07, 6.45) is -0.352. The molecule has 164 valence electrons. The molecule has 29 heavy (non-hydrogen) atoms. The number of carbonyl (C=O) groups excluding carboxylic acids is 2. The van der Waals surface area contributed by atoms with E-state index in [4.69, 9.17) is 14.6 Å². The Kier molecular flexibility index (Phi) is 11.2. The minimum absolute atomic E-state index is 0.107. The van der Waals surface area contributed by atoms with Crippen LogP contribution in [0.25, 0.3) is 0 Å². The van der Waals surface area contributed by atoms with E-state index in [9.17, 15) is 14.4 Å². The lowest BCUT2D eigenvalue weighted by Gasteiger charge is -2.36. The SMILES string of the molecule is CC(C)C(=O)O.CC(C)C(=O)OCC(C)(C)C(OC(=O)c1ccccc1)C(C)C. The summed E-state index contributed by atoms with van der Waals surface area (Å²) in [4.78, 5) is 33.7. The lowest BCUT2D eigenvalue weighted by Crippen LogP contribution is -2.42. The molecule has 0 saturated carbocycles. The predicted molar refractivity (Wildman–Crippen MR) is 113 cm³/mol. The van der Waals surface area contributed by atoms with Crippen molar-refractivity contribution < 1.29 is 29.0 Å². The molecule has 0 aromatic heterocycles. The monoisotopic (exact) mass is 408 g/mol. The van der Waals surface area contributed by atoms with E-state index in [1.165, 1.54) is 0 Å². The Bertz CT molecular complexity index is 647. The lowest BCUT2D eigenvalue weighted by atomic mass is 9.81. The number of hydrogen-bond donors (Lipinski definition) is 1. The van der Waals surface area contributed by atoms with Crippen molar-refractivity contribution in [2.75, 3.05) is 6.61 Å². The average Bonchev–Trinajstić information content (AvgIpc) is 2.64. The van der Waals surface area contributed by atoms with Gasteiger partial charge >= 0.3 is 17.9 Å². The van der Waals surface area contributed by atoms with Crippen molar-refractivity contribution in [2.24, 2.45) is 23.2 Å². The lowest BCUT2D eigenvalue weighted by molar-refractivity contribution is -0.154. The van der Waals surface area contributed by atoms with Gasteiger partial charge < -0.3 is 14.6 Å². The smallest absolute Gasteiger partial charge is 0.338 e. The molecule has 0 saturated heterocycles. The molecular formula is C23H36O6. The van der Waals surface area contributed by atoms with Crippen LogP contribution in [0.5, 0.6) is 0 Å². The summed E-state index contributed by atoms with van der Waals surface area (Å²) in [5.41, 5.74) is 0.0523. The Morgan fingerprint density at radius 3 is 1.79 bits per heavy atom. The molecule has 1 aromatic carbocycles. The molecule has 1 N–H and O–H groups in total. The third-order valence-electron chi connectivity index (χ3n) is 4.17. The highest BCUT2D eigenvalue weighted by molar-refractivity contribution is 5.89. The molecule has 0 spiro atoms. The van der Waals surface area contributed by atoms with Gasteiger partial charge in [0.15, 0.2) is 0 Å². The van der Waals surface area contributed by atoms with E-state index >= 15 is 0 Å². The van der Waals surface area contributed by atoms with Crippen LogP contribution in [0.4, 0.5) is 0 Å². The third-order valence-corrected chi connectivity index (χ3v) is 4.17. The van der Waals surface area contributed by atoms with E-state index in [2.05, 4.69) is 0 Å². The molecule has 0 aliphatic rings. The number of carbonyl (C=O) groups is 3. The first-order valence-electron chi connectivity index (χ1n) is 9.95. The second-order valence-electron chi connectivity index (χ2n) is 8.68. The highest BCUT2D eigenvalue weighted by Gasteiger charge is 2.37. The van der Waals surface area contributed by atoms with Crippen LogP contribution in [0.3, 0.4) is 0 Å². The molecule has 0 fully saturated rings. The van der Waals surface area contributed by atoms with Crippen molar-refractivity contribution in [3.63, 3.8) is 0 Å². The Morgan fingerprint density at radius 2 is 1.41 bits per heavy atom. The van der Waals surface area contributed by atoms with Gasteiger partial charge in [0.2, 0.25) is 0 Å². The van der Waals surface area contributed by atoms with Gasteiger partial charge in [0.25, 0.3) is 0 Å². The van der Waals surface area contributed by atoms with Crippen LogP contribution in [0.2, 0.25) is 0 Å². The minimum atomic E-state index is -0.741. The normalized spacial score (nSPS) is 12.2. The van der Waals surface area contributed by atoms with E-state index in [1.807, 2.05) is 33.8 Å². The molecule has 0 bridgehead atoms. The van der Waals surface area contributed by atoms with Gasteiger partial charge in [0.05, 0.1) is 24.0 Å².